The monoisotopic (exact) mass is 543 g/mol. The number of amides is 1. The molecule has 1 aromatic rings. The zero-order valence-electron chi connectivity index (χ0n) is 22.2. The first kappa shape index (κ1) is 28.4. The van der Waals surface area contributed by atoms with E-state index in [0.29, 0.717) is 18.7 Å². The third-order valence-corrected chi connectivity index (χ3v) is 8.00. The lowest BCUT2D eigenvalue weighted by molar-refractivity contribution is -0.153. The molecule has 0 aromatic heterocycles. The van der Waals surface area contributed by atoms with E-state index in [1.54, 1.807) is 19.1 Å². The average Bonchev–Trinajstić information content (AvgIpc) is 2.84. The third-order valence-electron chi connectivity index (χ3n) is 8.00. The number of fused-ring (bicyclic) bond motifs is 3. The van der Waals surface area contributed by atoms with E-state index < -0.39 is 58.0 Å². The molecule has 1 amide bonds. The molecule has 4 atom stereocenters. The predicted octanol–water partition coefficient (Wildman–Crippen LogP) is -0.275. The Morgan fingerprint density at radius 2 is 1.82 bits per heavy atom. The van der Waals surface area contributed by atoms with Gasteiger partial charge in [-0.2, -0.15) is 0 Å². The van der Waals surface area contributed by atoms with E-state index in [9.17, 15) is 39.6 Å². The highest BCUT2D eigenvalue weighted by molar-refractivity contribution is 6.24. The third kappa shape index (κ3) is 4.33. The predicted molar refractivity (Wildman–Crippen MR) is 138 cm³/mol. The molecule has 39 heavy (non-hydrogen) atoms. The second-order valence-corrected chi connectivity index (χ2v) is 10.6. The number of ketones is 3. The number of phenols is 1. The van der Waals surface area contributed by atoms with Crippen molar-refractivity contribution < 1.29 is 44.3 Å². The van der Waals surface area contributed by atoms with Crippen molar-refractivity contribution in [2.45, 2.75) is 24.5 Å². The van der Waals surface area contributed by atoms with E-state index in [1.807, 2.05) is 0 Å². The summed E-state index contributed by atoms with van der Waals surface area (Å²) in [5, 5.41) is 44.5. The summed E-state index contributed by atoms with van der Waals surface area (Å²) in [4.78, 5) is 55.5. The first-order valence-electron chi connectivity index (χ1n) is 12.5. The number of aliphatic hydroxyl groups excluding tert-OH is 2. The summed E-state index contributed by atoms with van der Waals surface area (Å²) in [6, 6.07) is 1.52. The SMILES string of the molecule is COCCN(C)CC(=O)c1ccc(O)c2c1C[C@H]1C[C@H]3[C@H](N(C)C)C(=O)C(C(N)=O)=C(O)[C@@]3(O)C(=O)C1=C2O. The van der Waals surface area contributed by atoms with Crippen molar-refractivity contribution >= 4 is 29.0 Å². The molecule has 6 N–H and O–H groups in total. The van der Waals surface area contributed by atoms with Crippen LogP contribution in [0.3, 0.4) is 0 Å². The summed E-state index contributed by atoms with van der Waals surface area (Å²) >= 11 is 0. The van der Waals surface area contributed by atoms with E-state index >= 15 is 0 Å². The maximum atomic E-state index is 13.9. The Labute approximate surface area is 224 Å². The molecule has 0 radical (unpaired) electrons. The minimum absolute atomic E-state index is 0.0373. The Kier molecular flexibility index (Phi) is 7.43. The molecule has 0 aliphatic heterocycles. The van der Waals surface area contributed by atoms with E-state index in [-0.39, 0.29) is 47.6 Å². The van der Waals surface area contributed by atoms with Gasteiger partial charge >= 0.3 is 0 Å². The summed E-state index contributed by atoms with van der Waals surface area (Å²) in [6.45, 7) is 0.957. The lowest BCUT2D eigenvalue weighted by Crippen LogP contribution is -2.65. The topological polar surface area (TPSA) is 191 Å². The van der Waals surface area contributed by atoms with E-state index in [4.69, 9.17) is 10.5 Å². The van der Waals surface area contributed by atoms with Crippen LogP contribution in [-0.4, -0.2) is 113 Å². The number of nitrogens with zero attached hydrogens (tertiary/aromatic N) is 2. The number of methoxy groups -OCH3 is 1. The van der Waals surface area contributed by atoms with Crippen molar-refractivity contribution in [3.8, 4) is 5.75 Å². The number of carbonyl (C=O) groups excluding carboxylic acids is 4. The van der Waals surface area contributed by atoms with Crippen molar-refractivity contribution in [1.82, 2.24) is 9.80 Å². The molecule has 3 aliphatic carbocycles. The van der Waals surface area contributed by atoms with Gasteiger partial charge in [-0.25, -0.2) is 0 Å². The molecule has 210 valence electrons. The zero-order chi connectivity index (χ0) is 29.0. The number of aliphatic hydroxyl groups is 3. The van der Waals surface area contributed by atoms with E-state index in [1.165, 1.54) is 31.1 Å². The second-order valence-electron chi connectivity index (χ2n) is 10.6. The molecule has 4 rings (SSSR count). The van der Waals surface area contributed by atoms with Crippen LogP contribution in [0.2, 0.25) is 0 Å². The fraction of sp³-hybridized carbons (Fsp3) is 0.481. The van der Waals surface area contributed by atoms with Gasteiger partial charge in [0.2, 0.25) is 5.78 Å². The van der Waals surface area contributed by atoms with E-state index in [2.05, 4.69) is 0 Å². The fourth-order valence-electron chi connectivity index (χ4n) is 6.16. The van der Waals surface area contributed by atoms with Crippen molar-refractivity contribution in [2.24, 2.45) is 17.6 Å². The maximum absolute atomic E-state index is 13.9. The van der Waals surface area contributed by atoms with Gasteiger partial charge in [-0.1, -0.05) is 0 Å². The highest BCUT2D eigenvalue weighted by atomic mass is 16.5. The van der Waals surface area contributed by atoms with E-state index in [0.717, 1.165) is 0 Å². The summed E-state index contributed by atoms with van der Waals surface area (Å²) in [6.07, 6.45) is -0.00537. The molecular formula is C27H33N3O9. The summed E-state index contributed by atoms with van der Waals surface area (Å²) in [7, 11) is 6.36. The molecular weight excluding hydrogens is 510 g/mol. The van der Waals surface area contributed by atoms with Crippen LogP contribution in [0, 0.1) is 11.8 Å². The molecule has 1 aromatic carbocycles. The summed E-state index contributed by atoms with van der Waals surface area (Å²) in [5.41, 5.74) is 1.97. The van der Waals surface area contributed by atoms with Gasteiger partial charge in [0.1, 0.15) is 22.8 Å². The number of ether oxygens (including phenoxy) is 1. The van der Waals surface area contributed by atoms with Crippen LogP contribution in [0.4, 0.5) is 0 Å². The molecule has 1 fully saturated rings. The number of aromatic hydroxyl groups is 1. The quantitative estimate of drug-likeness (QED) is 0.214. The molecule has 0 spiro atoms. The van der Waals surface area contributed by atoms with Crippen LogP contribution < -0.4 is 5.73 Å². The summed E-state index contributed by atoms with van der Waals surface area (Å²) < 4.78 is 5.05. The minimum Gasteiger partial charge on any atom is -0.508 e. The Balaban J connectivity index is 1.86. The lowest BCUT2D eigenvalue weighted by atomic mass is 9.57. The lowest BCUT2D eigenvalue weighted by Gasteiger charge is -2.50. The molecule has 12 heteroatoms. The normalized spacial score (nSPS) is 26.6. The van der Waals surface area contributed by atoms with Gasteiger partial charge in [0.15, 0.2) is 17.2 Å². The van der Waals surface area contributed by atoms with Crippen LogP contribution >= 0.6 is 0 Å². The number of carbonyl (C=O) groups is 4. The zero-order valence-corrected chi connectivity index (χ0v) is 22.2. The first-order chi connectivity index (χ1) is 18.3. The highest BCUT2D eigenvalue weighted by Crippen LogP contribution is 2.52. The molecule has 3 aliphatic rings. The number of Topliss-reactive ketones (excluding diaryl/α,β-unsaturated/α-hetero) is 3. The van der Waals surface area contributed by atoms with Gasteiger partial charge in [-0.3, -0.25) is 29.0 Å². The van der Waals surface area contributed by atoms with Gasteiger partial charge in [0.05, 0.1) is 24.8 Å². The van der Waals surface area contributed by atoms with Crippen molar-refractivity contribution in [2.75, 3.05) is 47.9 Å². The van der Waals surface area contributed by atoms with Crippen LogP contribution in [0.1, 0.15) is 27.9 Å². The van der Waals surface area contributed by atoms with Crippen LogP contribution in [0.5, 0.6) is 5.75 Å². The number of benzene rings is 1. The number of nitrogens with two attached hydrogens (primary N) is 1. The summed E-state index contributed by atoms with van der Waals surface area (Å²) in [5.74, 6) is -7.59. The Bertz CT molecular complexity index is 1330. The van der Waals surface area contributed by atoms with Gasteiger partial charge in [-0.15, -0.1) is 0 Å². The van der Waals surface area contributed by atoms with Crippen molar-refractivity contribution in [3.63, 3.8) is 0 Å². The maximum Gasteiger partial charge on any atom is 0.255 e. The second kappa shape index (κ2) is 10.2. The van der Waals surface area contributed by atoms with Gasteiger partial charge in [0.25, 0.3) is 5.91 Å². The Hall–Kier alpha value is -3.58. The average molecular weight is 544 g/mol. The van der Waals surface area contributed by atoms with Crippen LogP contribution in [0.15, 0.2) is 29.0 Å². The van der Waals surface area contributed by atoms with Crippen molar-refractivity contribution in [3.05, 3.63) is 45.7 Å². The number of phenolic OH excluding ortho intramolecular Hbond substituents is 1. The Morgan fingerprint density at radius 1 is 1.15 bits per heavy atom. The highest BCUT2D eigenvalue weighted by Gasteiger charge is 2.64. The van der Waals surface area contributed by atoms with Crippen LogP contribution in [0.25, 0.3) is 5.76 Å². The van der Waals surface area contributed by atoms with Gasteiger partial charge in [0, 0.05) is 30.7 Å². The van der Waals surface area contributed by atoms with Crippen molar-refractivity contribution in [1.29, 1.82) is 0 Å². The smallest absolute Gasteiger partial charge is 0.255 e. The number of hydrogen-bond acceptors (Lipinski definition) is 11. The largest absolute Gasteiger partial charge is 0.508 e. The molecule has 1 saturated carbocycles. The molecule has 0 saturated heterocycles. The Morgan fingerprint density at radius 3 is 2.41 bits per heavy atom. The molecule has 0 unspecified atom stereocenters. The number of rotatable bonds is 8. The first-order valence-corrected chi connectivity index (χ1v) is 12.5. The molecule has 0 bridgehead atoms. The standard InChI is InChI=1S/C27H33N3O9/c1-29(2)21-15-10-12-9-14-13(17(32)11-30(3)7-8-39-4)5-6-16(31)19(14)22(33)18(12)24(35)27(15,38)25(36)20(23(21)34)26(28)37/h5-6,12,15,21,31,33,36,38H,7-11H2,1-4H3,(H2,28,37)/t12-,15-,21-,27-/m0/s1. The molecule has 0 heterocycles. The minimum atomic E-state index is -2.71. The number of hydrogen-bond donors (Lipinski definition) is 5. The molecule has 12 nitrogen and oxygen atoms in total. The fourth-order valence-corrected chi connectivity index (χ4v) is 6.16. The van der Waals surface area contributed by atoms with Gasteiger partial charge in [-0.05, 0) is 57.6 Å². The number of primary amides is 1. The number of likely N-dealkylation sites (N-methyl/N-ethyl adjacent to an activating group) is 2. The van der Waals surface area contributed by atoms with Crippen LogP contribution in [-0.2, 0) is 25.5 Å². The van der Waals surface area contributed by atoms with Gasteiger partial charge < -0.3 is 30.9 Å².